The summed E-state index contributed by atoms with van der Waals surface area (Å²) in [5.41, 5.74) is 2.14. The lowest BCUT2D eigenvalue weighted by Crippen LogP contribution is -2.23. The van der Waals surface area contributed by atoms with Gasteiger partial charge in [0.05, 0.1) is 0 Å². The van der Waals surface area contributed by atoms with Crippen molar-refractivity contribution in [2.45, 2.75) is 39.5 Å². The quantitative estimate of drug-likeness (QED) is 0.850. The molecule has 5 heteroatoms. The molecule has 1 aromatic carbocycles. The normalized spacial score (nSPS) is 10.6. The largest absolute Gasteiger partial charge is 0.356 e. The minimum Gasteiger partial charge on any atom is -0.356 e. The van der Waals surface area contributed by atoms with Crippen molar-refractivity contribution in [1.82, 2.24) is 15.5 Å². The highest BCUT2D eigenvalue weighted by Gasteiger charge is 2.09. The van der Waals surface area contributed by atoms with E-state index in [0.29, 0.717) is 31.0 Å². The van der Waals surface area contributed by atoms with E-state index in [4.69, 9.17) is 4.52 Å². The van der Waals surface area contributed by atoms with Gasteiger partial charge in [0.2, 0.25) is 17.6 Å². The molecule has 0 saturated carbocycles. The Balaban J connectivity index is 1.83. The minimum absolute atomic E-state index is 0.0788. The van der Waals surface area contributed by atoms with Gasteiger partial charge in [-0.05, 0) is 19.8 Å². The number of rotatable bonds is 7. The molecule has 21 heavy (non-hydrogen) atoms. The standard InChI is InChI=1S/C16H21N3O2/c1-3-11-17-14(20)5-4-6-15-18-16(19-21-15)13-9-7-12(2)8-10-13/h7-10H,3-6,11H2,1-2H3,(H,17,20). The van der Waals surface area contributed by atoms with Crippen molar-refractivity contribution in [2.75, 3.05) is 6.54 Å². The summed E-state index contributed by atoms with van der Waals surface area (Å²) >= 11 is 0. The van der Waals surface area contributed by atoms with Gasteiger partial charge in [0.1, 0.15) is 0 Å². The van der Waals surface area contributed by atoms with E-state index in [9.17, 15) is 4.79 Å². The highest BCUT2D eigenvalue weighted by molar-refractivity contribution is 5.75. The van der Waals surface area contributed by atoms with E-state index in [0.717, 1.165) is 18.5 Å². The first-order valence-electron chi connectivity index (χ1n) is 7.35. The SMILES string of the molecule is CCCNC(=O)CCCc1nc(-c2ccc(C)cc2)no1. The van der Waals surface area contributed by atoms with E-state index in [-0.39, 0.29) is 5.91 Å². The number of hydrogen-bond donors (Lipinski definition) is 1. The molecule has 0 spiro atoms. The van der Waals surface area contributed by atoms with Crippen LogP contribution >= 0.6 is 0 Å². The number of amides is 1. The molecule has 0 unspecified atom stereocenters. The molecule has 0 aliphatic carbocycles. The molecular weight excluding hydrogens is 266 g/mol. The lowest BCUT2D eigenvalue weighted by Gasteiger charge is -2.01. The molecule has 1 aromatic heterocycles. The first-order chi connectivity index (χ1) is 10.2. The molecule has 2 aromatic rings. The maximum Gasteiger partial charge on any atom is 0.226 e. The Kier molecular flexibility index (Phi) is 5.49. The summed E-state index contributed by atoms with van der Waals surface area (Å²) in [5, 5.41) is 6.83. The lowest BCUT2D eigenvalue weighted by atomic mass is 10.1. The maximum atomic E-state index is 11.5. The summed E-state index contributed by atoms with van der Waals surface area (Å²) in [6, 6.07) is 7.98. The molecule has 1 heterocycles. The van der Waals surface area contributed by atoms with Crippen LogP contribution in [0.4, 0.5) is 0 Å². The van der Waals surface area contributed by atoms with Gasteiger partial charge in [-0.2, -0.15) is 4.98 Å². The molecule has 0 fully saturated rings. The fraction of sp³-hybridized carbons (Fsp3) is 0.438. The molecule has 0 saturated heterocycles. The maximum absolute atomic E-state index is 11.5. The number of aryl methyl sites for hydroxylation is 2. The molecule has 1 N–H and O–H groups in total. The Labute approximate surface area is 124 Å². The van der Waals surface area contributed by atoms with Crippen LogP contribution in [0.2, 0.25) is 0 Å². The molecule has 112 valence electrons. The number of aromatic nitrogens is 2. The number of nitrogens with zero attached hydrogens (tertiary/aromatic N) is 2. The second kappa shape index (κ2) is 7.57. The van der Waals surface area contributed by atoms with Crippen molar-refractivity contribution in [3.05, 3.63) is 35.7 Å². The van der Waals surface area contributed by atoms with E-state index < -0.39 is 0 Å². The minimum atomic E-state index is 0.0788. The van der Waals surface area contributed by atoms with Crippen LogP contribution in [-0.2, 0) is 11.2 Å². The van der Waals surface area contributed by atoms with E-state index in [1.807, 2.05) is 38.1 Å². The van der Waals surface area contributed by atoms with Crippen molar-refractivity contribution in [2.24, 2.45) is 0 Å². The summed E-state index contributed by atoms with van der Waals surface area (Å²) in [7, 11) is 0. The average Bonchev–Trinajstić information content (AvgIpc) is 2.95. The summed E-state index contributed by atoms with van der Waals surface area (Å²) < 4.78 is 5.22. The van der Waals surface area contributed by atoms with Gasteiger partial charge in [-0.3, -0.25) is 4.79 Å². The molecule has 5 nitrogen and oxygen atoms in total. The molecule has 2 rings (SSSR count). The zero-order chi connectivity index (χ0) is 15.1. The Morgan fingerprint density at radius 1 is 1.29 bits per heavy atom. The van der Waals surface area contributed by atoms with Gasteiger partial charge in [0.15, 0.2) is 0 Å². The number of benzene rings is 1. The topological polar surface area (TPSA) is 68.0 Å². The Bertz CT molecular complexity index is 575. The van der Waals surface area contributed by atoms with Crippen molar-refractivity contribution < 1.29 is 9.32 Å². The third-order valence-electron chi connectivity index (χ3n) is 3.14. The number of nitrogens with one attached hydrogen (secondary N) is 1. The van der Waals surface area contributed by atoms with Crippen LogP contribution in [0.15, 0.2) is 28.8 Å². The number of hydrogen-bond acceptors (Lipinski definition) is 4. The Hall–Kier alpha value is -2.17. The number of carbonyl (C=O) groups excluding carboxylic acids is 1. The van der Waals surface area contributed by atoms with Gasteiger partial charge < -0.3 is 9.84 Å². The van der Waals surface area contributed by atoms with Crippen LogP contribution in [0.5, 0.6) is 0 Å². The lowest BCUT2D eigenvalue weighted by molar-refractivity contribution is -0.121. The first kappa shape index (κ1) is 15.2. The molecule has 0 atom stereocenters. The fourth-order valence-electron chi connectivity index (χ4n) is 1.93. The molecule has 0 bridgehead atoms. The second-order valence-electron chi connectivity index (χ2n) is 5.08. The highest BCUT2D eigenvalue weighted by Crippen LogP contribution is 2.16. The Morgan fingerprint density at radius 3 is 2.76 bits per heavy atom. The second-order valence-corrected chi connectivity index (χ2v) is 5.08. The van der Waals surface area contributed by atoms with Gasteiger partial charge in [-0.1, -0.05) is 41.9 Å². The highest BCUT2D eigenvalue weighted by atomic mass is 16.5. The average molecular weight is 287 g/mol. The van der Waals surface area contributed by atoms with Crippen LogP contribution in [0.25, 0.3) is 11.4 Å². The smallest absolute Gasteiger partial charge is 0.226 e. The van der Waals surface area contributed by atoms with E-state index >= 15 is 0 Å². The van der Waals surface area contributed by atoms with Crippen LogP contribution in [0.3, 0.4) is 0 Å². The zero-order valence-electron chi connectivity index (χ0n) is 12.6. The predicted octanol–water partition coefficient (Wildman–Crippen LogP) is 2.89. The van der Waals surface area contributed by atoms with Gasteiger partial charge >= 0.3 is 0 Å². The van der Waals surface area contributed by atoms with E-state index in [1.165, 1.54) is 5.56 Å². The van der Waals surface area contributed by atoms with Crippen LogP contribution < -0.4 is 5.32 Å². The molecular formula is C16H21N3O2. The van der Waals surface area contributed by atoms with Gasteiger partial charge in [-0.25, -0.2) is 0 Å². The van der Waals surface area contributed by atoms with Crippen molar-refractivity contribution >= 4 is 5.91 Å². The summed E-state index contributed by atoms with van der Waals surface area (Å²) in [6.07, 6.45) is 2.78. The summed E-state index contributed by atoms with van der Waals surface area (Å²) in [6.45, 7) is 4.80. The summed E-state index contributed by atoms with van der Waals surface area (Å²) in [4.78, 5) is 15.8. The zero-order valence-corrected chi connectivity index (χ0v) is 12.6. The third kappa shape index (κ3) is 4.70. The predicted molar refractivity (Wildman–Crippen MR) is 80.7 cm³/mol. The molecule has 0 aliphatic heterocycles. The first-order valence-corrected chi connectivity index (χ1v) is 7.35. The van der Waals surface area contributed by atoms with Gasteiger partial charge in [-0.15, -0.1) is 0 Å². The molecule has 1 amide bonds. The van der Waals surface area contributed by atoms with Crippen molar-refractivity contribution in [3.63, 3.8) is 0 Å². The van der Waals surface area contributed by atoms with E-state index in [2.05, 4.69) is 15.5 Å². The van der Waals surface area contributed by atoms with Crippen molar-refractivity contribution in [1.29, 1.82) is 0 Å². The molecule has 0 aliphatic rings. The van der Waals surface area contributed by atoms with Crippen molar-refractivity contribution in [3.8, 4) is 11.4 Å². The fourth-order valence-corrected chi connectivity index (χ4v) is 1.93. The third-order valence-corrected chi connectivity index (χ3v) is 3.14. The van der Waals surface area contributed by atoms with Crippen LogP contribution in [0, 0.1) is 6.92 Å². The van der Waals surface area contributed by atoms with E-state index in [1.54, 1.807) is 0 Å². The monoisotopic (exact) mass is 287 g/mol. The van der Waals surface area contributed by atoms with Gasteiger partial charge in [0.25, 0.3) is 0 Å². The van der Waals surface area contributed by atoms with Gasteiger partial charge in [0, 0.05) is 24.9 Å². The van der Waals surface area contributed by atoms with Crippen LogP contribution in [-0.4, -0.2) is 22.6 Å². The number of carbonyl (C=O) groups is 1. The summed E-state index contributed by atoms with van der Waals surface area (Å²) in [5.74, 6) is 1.25. The van der Waals surface area contributed by atoms with Crippen LogP contribution in [0.1, 0.15) is 37.6 Å². The Morgan fingerprint density at radius 2 is 2.05 bits per heavy atom. The molecule has 0 radical (unpaired) electrons.